The Bertz CT molecular complexity index is 922. The molecule has 0 unspecified atom stereocenters. The molecule has 0 aromatic heterocycles. The summed E-state index contributed by atoms with van der Waals surface area (Å²) in [6.45, 7) is 0.00594. The fourth-order valence-electron chi connectivity index (χ4n) is 1.94. The normalized spacial score (nSPS) is 11.6. The highest BCUT2D eigenvalue weighted by molar-refractivity contribution is 9.10. The smallest absolute Gasteiger partial charge is 0.341 e. The molecule has 2 aromatic rings. The lowest BCUT2D eigenvalue weighted by atomic mass is 10.2. The van der Waals surface area contributed by atoms with Crippen molar-refractivity contribution in [3.05, 3.63) is 62.4 Å². The fraction of sp³-hybridized carbons (Fsp3) is 0.143. The minimum Gasteiger partial charge on any atom is -0.375 e. The van der Waals surface area contributed by atoms with Gasteiger partial charge in [-0.05, 0) is 45.8 Å². The number of alkyl halides is 2. The third-order valence-corrected chi connectivity index (χ3v) is 5.22. The number of hydrogen-bond acceptors (Lipinski definition) is 5. The van der Waals surface area contributed by atoms with Crippen molar-refractivity contribution in [3.8, 4) is 0 Å². The molecule has 0 aliphatic heterocycles. The third kappa shape index (κ3) is 4.28. The number of rotatable bonds is 6. The first-order chi connectivity index (χ1) is 11.6. The van der Waals surface area contributed by atoms with Crippen molar-refractivity contribution < 1.29 is 26.5 Å². The maximum absolute atomic E-state index is 13.5. The van der Waals surface area contributed by atoms with Gasteiger partial charge in [0.1, 0.15) is 11.5 Å². The molecule has 0 heterocycles. The minimum absolute atomic E-state index is 0.00594. The molecular formula is C14H10BrF3N2O4S. The summed E-state index contributed by atoms with van der Waals surface area (Å²) in [7, 11) is -4.95. The van der Waals surface area contributed by atoms with E-state index in [2.05, 4.69) is 21.2 Å². The first-order valence-electron chi connectivity index (χ1n) is 6.61. The Morgan fingerprint density at radius 1 is 1.20 bits per heavy atom. The van der Waals surface area contributed by atoms with Gasteiger partial charge in [0, 0.05) is 12.6 Å². The standard InChI is InChI=1S/C14H10BrF3N2O4S/c15-10-3-1-8(5-11(10)16)7-19-12-4-2-9(6-13(12)20(21)22)25(23,24)14(17)18/h1-6,14,19H,7H2. The van der Waals surface area contributed by atoms with E-state index in [9.17, 15) is 31.7 Å². The molecule has 134 valence electrons. The highest BCUT2D eigenvalue weighted by Crippen LogP contribution is 2.30. The van der Waals surface area contributed by atoms with Crippen molar-refractivity contribution in [1.29, 1.82) is 0 Å². The van der Waals surface area contributed by atoms with E-state index in [-0.39, 0.29) is 16.7 Å². The minimum atomic E-state index is -4.95. The van der Waals surface area contributed by atoms with Crippen LogP contribution in [0.15, 0.2) is 45.8 Å². The second-order valence-electron chi connectivity index (χ2n) is 4.84. The molecule has 0 saturated carbocycles. The molecule has 0 bridgehead atoms. The van der Waals surface area contributed by atoms with Crippen LogP contribution in [0.4, 0.5) is 24.5 Å². The van der Waals surface area contributed by atoms with Crippen LogP contribution in [0, 0.1) is 15.9 Å². The summed E-state index contributed by atoms with van der Waals surface area (Å²) < 4.78 is 61.7. The molecule has 0 fully saturated rings. The summed E-state index contributed by atoms with van der Waals surface area (Å²) in [4.78, 5) is 9.35. The van der Waals surface area contributed by atoms with Gasteiger partial charge in [-0.2, -0.15) is 8.78 Å². The summed E-state index contributed by atoms with van der Waals surface area (Å²) in [5, 5.41) is 13.8. The lowest BCUT2D eigenvalue weighted by molar-refractivity contribution is -0.384. The molecule has 0 amide bonds. The largest absolute Gasteiger partial charge is 0.375 e. The van der Waals surface area contributed by atoms with Crippen LogP contribution >= 0.6 is 15.9 Å². The Labute approximate surface area is 148 Å². The van der Waals surface area contributed by atoms with Gasteiger partial charge in [-0.1, -0.05) is 6.07 Å². The molecule has 2 aromatic carbocycles. The van der Waals surface area contributed by atoms with Gasteiger partial charge in [0.05, 0.1) is 14.3 Å². The Morgan fingerprint density at radius 3 is 2.44 bits per heavy atom. The van der Waals surface area contributed by atoms with Gasteiger partial charge >= 0.3 is 5.76 Å². The topological polar surface area (TPSA) is 89.3 Å². The molecule has 0 aliphatic rings. The number of nitro groups is 1. The van der Waals surface area contributed by atoms with Crippen LogP contribution in [0.25, 0.3) is 0 Å². The van der Waals surface area contributed by atoms with Gasteiger partial charge in [0.25, 0.3) is 5.69 Å². The van der Waals surface area contributed by atoms with Crippen LogP contribution in [0.2, 0.25) is 0 Å². The van der Waals surface area contributed by atoms with Crippen LogP contribution in [0.3, 0.4) is 0 Å². The lowest BCUT2D eigenvalue weighted by Crippen LogP contribution is -2.12. The predicted molar refractivity (Wildman–Crippen MR) is 87.7 cm³/mol. The zero-order valence-electron chi connectivity index (χ0n) is 12.2. The van der Waals surface area contributed by atoms with E-state index in [1.54, 1.807) is 6.07 Å². The van der Waals surface area contributed by atoms with Crippen LogP contribution < -0.4 is 5.32 Å². The van der Waals surface area contributed by atoms with Gasteiger partial charge in [-0.25, -0.2) is 12.8 Å². The number of hydrogen-bond donors (Lipinski definition) is 1. The van der Waals surface area contributed by atoms with Gasteiger partial charge in [-0.3, -0.25) is 10.1 Å². The van der Waals surface area contributed by atoms with Gasteiger partial charge in [0.15, 0.2) is 0 Å². The zero-order chi connectivity index (χ0) is 18.8. The molecular weight excluding hydrogens is 429 g/mol. The molecule has 0 spiro atoms. The maximum atomic E-state index is 13.5. The van der Waals surface area contributed by atoms with Crippen LogP contribution in [-0.2, 0) is 16.4 Å². The molecule has 1 N–H and O–H groups in total. The molecule has 11 heteroatoms. The summed E-state index contributed by atoms with van der Waals surface area (Å²) in [6.07, 6.45) is 0. The number of nitro benzene ring substituents is 1. The number of nitrogens with one attached hydrogen (secondary N) is 1. The monoisotopic (exact) mass is 438 g/mol. The second-order valence-corrected chi connectivity index (χ2v) is 7.62. The van der Waals surface area contributed by atoms with E-state index in [1.807, 2.05) is 0 Å². The van der Waals surface area contributed by atoms with Crippen molar-refractivity contribution in [2.45, 2.75) is 17.2 Å². The third-order valence-electron chi connectivity index (χ3n) is 3.20. The van der Waals surface area contributed by atoms with E-state index in [4.69, 9.17) is 0 Å². The van der Waals surface area contributed by atoms with E-state index >= 15 is 0 Å². The molecule has 0 radical (unpaired) electrons. The molecule has 25 heavy (non-hydrogen) atoms. The molecule has 0 atom stereocenters. The Balaban J connectivity index is 2.32. The van der Waals surface area contributed by atoms with Crippen molar-refractivity contribution in [1.82, 2.24) is 0 Å². The second kappa shape index (κ2) is 7.40. The van der Waals surface area contributed by atoms with Crippen molar-refractivity contribution in [2.75, 3.05) is 5.32 Å². The average Bonchev–Trinajstić information content (AvgIpc) is 2.55. The van der Waals surface area contributed by atoms with Crippen molar-refractivity contribution in [2.24, 2.45) is 0 Å². The van der Waals surface area contributed by atoms with Crippen LogP contribution in [-0.4, -0.2) is 19.1 Å². The zero-order valence-corrected chi connectivity index (χ0v) is 14.7. The van der Waals surface area contributed by atoms with Crippen molar-refractivity contribution in [3.63, 3.8) is 0 Å². The van der Waals surface area contributed by atoms with Gasteiger partial charge in [-0.15, -0.1) is 0 Å². The summed E-state index contributed by atoms with van der Waals surface area (Å²) in [5.74, 6) is -4.20. The van der Waals surface area contributed by atoms with E-state index in [1.165, 1.54) is 12.1 Å². The maximum Gasteiger partial charge on any atom is 0.341 e. The van der Waals surface area contributed by atoms with Crippen LogP contribution in [0.1, 0.15) is 5.56 Å². The number of anilines is 1. The highest BCUT2D eigenvalue weighted by atomic mass is 79.9. The van der Waals surface area contributed by atoms with Crippen molar-refractivity contribution >= 4 is 37.1 Å². The number of benzene rings is 2. The summed E-state index contributed by atoms with van der Waals surface area (Å²) >= 11 is 2.99. The van der Waals surface area contributed by atoms with Crippen LogP contribution in [0.5, 0.6) is 0 Å². The van der Waals surface area contributed by atoms with E-state index < -0.39 is 36.9 Å². The molecule has 6 nitrogen and oxygen atoms in total. The fourth-order valence-corrected chi connectivity index (χ4v) is 2.92. The lowest BCUT2D eigenvalue weighted by Gasteiger charge is -2.09. The predicted octanol–water partition coefficient (Wildman–Crippen LogP) is 4.10. The highest BCUT2D eigenvalue weighted by Gasteiger charge is 2.29. The summed E-state index contributed by atoms with van der Waals surface area (Å²) in [6, 6.07) is 6.66. The quantitative estimate of drug-likeness (QED) is 0.541. The average molecular weight is 439 g/mol. The van der Waals surface area contributed by atoms with E-state index in [0.29, 0.717) is 11.6 Å². The van der Waals surface area contributed by atoms with Gasteiger partial charge < -0.3 is 5.32 Å². The molecule has 2 rings (SSSR count). The van der Waals surface area contributed by atoms with Gasteiger partial charge in [0.2, 0.25) is 9.84 Å². The first-order valence-corrected chi connectivity index (χ1v) is 8.95. The number of nitrogens with zero attached hydrogens (tertiary/aromatic N) is 1. The Morgan fingerprint density at radius 2 is 1.88 bits per heavy atom. The Hall–Kier alpha value is -2.14. The molecule has 0 aliphatic carbocycles. The number of halogens is 4. The Kier molecular flexibility index (Phi) is 5.68. The summed E-state index contributed by atoms with van der Waals surface area (Å²) in [5.41, 5.74) is -0.292. The molecule has 0 saturated heterocycles. The SMILES string of the molecule is O=[N+]([O-])c1cc(S(=O)(=O)C(F)F)ccc1NCc1ccc(Br)c(F)c1. The van der Waals surface area contributed by atoms with E-state index in [0.717, 1.165) is 12.1 Å². The number of sulfone groups is 1. The first kappa shape index (κ1) is 19.2.